The van der Waals surface area contributed by atoms with Gasteiger partial charge in [-0.15, -0.1) is 0 Å². The number of rotatable bonds is 4. The molecule has 0 bridgehead atoms. The normalized spacial score (nSPS) is 11.2. The van der Waals surface area contributed by atoms with Crippen LogP contribution in [-0.4, -0.2) is 47.4 Å². The molecule has 2 heterocycles. The van der Waals surface area contributed by atoms with Crippen LogP contribution in [0.15, 0.2) is 18.3 Å². The maximum Gasteiger partial charge on any atom is 0.270 e. The molecular weight excluding hydrogens is 264 g/mol. The lowest BCUT2D eigenvalue weighted by Crippen LogP contribution is -2.32. The van der Waals surface area contributed by atoms with Crippen molar-refractivity contribution in [2.75, 3.05) is 27.2 Å². The van der Waals surface area contributed by atoms with Crippen LogP contribution in [0.25, 0.3) is 5.65 Å². The molecule has 5 nitrogen and oxygen atoms in total. The molecule has 0 saturated heterocycles. The van der Waals surface area contributed by atoms with Crippen LogP contribution >= 0.6 is 11.6 Å². The summed E-state index contributed by atoms with van der Waals surface area (Å²) in [6.45, 7) is 3.21. The molecule has 2 rings (SSSR count). The van der Waals surface area contributed by atoms with E-state index in [0.29, 0.717) is 23.0 Å². The standard InChI is InChI=1S/C13H17ClN4O/c1-9-12(13(19)15-6-7-17(2)3)18-8-10(14)4-5-11(18)16-9/h4-5,8H,6-7H2,1-3H3,(H,15,19). The Balaban J connectivity index is 2.26. The van der Waals surface area contributed by atoms with Gasteiger partial charge in [-0.25, -0.2) is 4.98 Å². The largest absolute Gasteiger partial charge is 0.349 e. The fourth-order valence-corrected chi connectivity index (χ4v) is 2.05. The Labute approximate surface area is 117 Å². The van der Waals surface area contributed by atoms with E-state index in [4.69, 9.17) is 11.6 Å². The number of hydrogen-bond donors (Lipinski definition) is 1. The summed E-state index contributed by atoms with van der Waals surface area (Å²) in [7, 11) is 3.93. The number of carbonyl (C=O) groups is 1. The number of amides is 1. The minimum absolute atomic E-state index is 0.130. The van der Waals surface area contributed by atoms with Gasteiger partial charge >= 0.3 is 0 Å². The van der Waals surface area contributed by atoms with Crippen LogP contribution in [0.4, 0.5) is 0 Å². The van der Waals surface area contributed by atoms with Crippen molar-refractivity contribution in [3.8, 4) is 0 Å². The van der Waals surface area contributed by atoms with Gasteiger partial charge < -0.3 is 10.2 Å². The van der Waals surface area contributed by atoms with Crippen LogP contribution in [0.5, 0.6) is 0 Å². The van der Waals surface area contributed by atoms with Crippen molar-refractivity contribution < 1.29 is 4.79 Å². The zero-order chi connectivity index (χ0) is 14.0. The van der Waals surface area contributed by atoms with E-state index in [9.17, 15) is 4.79 Å². The fourth-order valence-electron chi connectivity index (χ4n) is 1.89. The van der Waals surface area contributed by atoms with Crippen molar-refractivity contribution in [1.82, 2.24) is 19.6 Å². The van der Waals surface area contributed by atoms with E-state index < -0.39 is 0 Å². The molecule has 0 aromatic carbocycles. The first-order valence-electron chi connectivity index (χ1n) is 6.06. The van der Waals surface area contributed by atoms with Gasteiger partial charge in [0.15, 0.2) is 0 Å². The topological polar surface area (TPSA) is 49.6 Å². The van der Waals surface area contributed by atoms with Crippen molar-refractivity contribution >= 4 is 23.2 Å². The van der Waals surface area contributed by atoms with Gasteiger partial charge in [0, 0.05) is 19.3 Å². The van der Waals surface area contributed by atoms with Crippen molar-refractivity contribution in [2.24, 2.45) is 0 Å². The number of likely N-dealkylation sites (N-methyl/N-ethyl adjacent to an activating group) is 1. The summed E-state index contributed by atoms with van der Waals surface area (Å²) in [5.41, 5.74) is 1.96. The number of fused-ring (bicyclic) bond motifs is 1. The summed E-state index contributed by atoms with van der Waals surface area (Å²) in [6, 6.07) is 3.56. The van der Waals surface area contributed by atoms with Gasteiger partial charge in [-0.1, -0.05) is 11.6 Å². The zero-order valence-corrected chi connectivity index (χ0v) is 12.0. The number of hydrogen-bond acceptors (Lipinski definition) is 3. The van der Waals surface area contributed by atoms with Gasteiger partial charge in [-0.05, 0) is 33.2 Å². The highest BCUT2D eigenvalue weighted by Crippen LogP contribution is 2.16. The van der Waals surface area contributed by atoms with Crippen LogP contribution < -0.4 is 5.32 Å². The second kappa shape index (κ2) is 5.59. The van der Waals surface area contributed by atoms with Crippen LogP contribution in [0.3, 0.4) is 0 Å². The van der Waals surface area contributed by atoms with E-state index in [1.165, 1.54) is 0 Å². The molecule has 2 aromatic heterocycles. The number of nitrogens with one attached hydrogen (secondary N) is 1. The molecule has 0 radical (unpaired) electrons. The van der Waals surface area contributed by atoms with Gasteiger partial charge in [-0.3, -0.25) is 9.20 Å². The average molecular weight is 281 g/mol. The number of halogens is 1. The van der Waals surface area contributed by atoms with E-state index in [0.717, 1.165) is 12.2 Å². The second-order valence-corrected chi connectivity index (χ2v) is 5.12. The van der Waals surface area contributed by atoms with Crippen molar-refractivity contribution in [2.45, 2.75) is 6.92 Å². The summed E-state index contributed by atoms with van der Waals surface area (Å²) in [4.78, 5) is 18.6. The molecule has 0 atom stereocenters. The first-order valence-corrected chi connectivity index (χ1v) is 6.44. The van der Waals surface area contributed by atoms with E-state index >= 15 is 0 Å². The van der Waals surface area contributed by atoms with Crippen LogP contribution in [0, 0.1) is 6.92 Å². The highest BCUT2D eigenvalue weighted by atomic mass is 35.5. The minimum Gasteiger partial charge on any atom is -0.349 e. The first-order chi connectivity index (χ1) is 8.99. The molecule has 1 N–H and O–H groups in total. The molecule has 0 aliphatic heterocycles. The number of pyridine rings is 1. The van der Waals surface area contributed by atoms with E-state index in [1.54, 1.807) is 22.7 Å². The lowest BCUT2D eigenvalue weighted by Gasteiger charge is -2.10. The van der Waals surface area contributed by atoms with Crippen LogP contribution in [0.2, 0.25) is 5.02 Å². The van der Waals surface area contributed by atoms with E-state index in [1.807, 2.05) is 25.9 Å². The third-order valence-electron chi connectivity index (χ3n) is 2.82. The predicted molar refractivity (Wildman–Crippen MR) is 75.8 cm³/mol. The minimum atomic E-state index is -0.130. The molecule has 0 saturated carbocycles. The molecule has 6 heteroatoms. The quantitative estimate of drug-likeness (QED) is 0.925. The third kappa shape index (κ3) is 3.05. The SMILES string of the molecule is Cc1nc2ccc(Cl)cn2c1C(=O)NCCN(C)C. The predicted octanol–water partition coefficient (Wildman–Crippen LogP) is 1.59. The maximum absolute atomic E-state index is 12.2. The number of aromatic nitrogens is 2. The zero-order valence-electron chi connectivity index (χ0n) is 11.3. The van der Waals surface area contributed by atoms with Gasteiger partial charge in [0.25, 0.3) is 5.91 Å². The first kappa shape index (κ1) is 13.8. The molecule has 0 aliphatic rings. The fraction of sp³-hybridized carbons (Fsp3) is 0.385. The third-order valence-corrected chi connectivity index (χ3v) is 3.04. The summed E-state index contributed by atoms with van der Waals surface area (Å²) in [5.74, 6) is -0.130. The molecule has 0 fully saturated rings. The van der Waals surface area contributed by atoms with Gasteiger partial charge in [0.05, 0.1) is 10.7 Å². The van der Waals surface area contributed by atoms with Crippen molar-refractivity contribution in [3.63, 3.8) is 0 Å². The van der Waals surface area contributed by atoms with E-state index in [-0.39, 0.29) is 5.91 Å². The number of carbonyl (C=O) groups excluding carboxylic acids is 1. The number of aryl methyl sites for hydroxylation is 1. The number of nitrogens with zero attached hydrogens (tertiary/aromatic N) is 3. The Morgan fingerprint density at radius 1 is 1.47 bits per heavy atom. The molecular formula is C13H17ClN4O. The summed E-state index contributed by atoms with van der Waals surface area (Å²) >= 11 is 5.96. The average Bonchev–Trinajstić information content (AvgIpc) is 2.63. The molecule has 0 spiro atoms. The maximum atomic E-state index is 12.2. The Kier molecular flexibility index (Phi) is 4.07. The van der Waals surface area contributed by atoms with Crippen LogP contribution in [-0.2, 0) is 0 Å². The number of imidazole rings is 1. The summed E-state index contributed by atoms with van der Waals surface area (Å²) < 4.78 is 1.72. The molecule has 2 aromatic rings. The van der Waals surface area contributed by atoms with Crippen LogP contribution in [0.1, 0.15) is 16.2 Å². The lowest BCUT2D eigenvalue weighted by atomic mass is 10.3. The Morgan fingerprint density at radius 2 is 2.21 bits per heavy atom. The molecule has 102 valence electrons. The Bertz CT molecular complexity index is 606. The molecule has 19 heavy (non-hydrogen) atoms. The molecule has 0 unspecified atom stereocenters. The summed E-state index contributed by atoms with van der Waals surface area (Å²) in [5, 5.41) is 3.46. The summed E-state index contributed by atoms with van der Waals surface area (Å²) in [6.07, 6.45) is 1.71. The van der Waals surface area contributed by atoms with Crippen molar-refractivity contribution in [3.05, 3.63) is 34.7 Å². The lowest BCUT2D eigenvalue weighted by molar-refractivity contribution is 0.0944. The molecule has 0 aliphatic carbocycles. The van der Waals surface area contributed by atoms with Crippen molar-refractivity contribution in [1.29, 1.82) is 0 Å². The van der Waals surface area contributed by atoms with Gasteiger partial charge in [0.2, 0.25) is 0 Å². The van der Waals surface area contributed by atoms with Gasteiger partial charge in [-0.2, -0.15) is 0 Å². The second-order valence-electron chi connectivity index (χ2n) is 4.68. The molecule has 1 amide bonds. The smallest absolute Gasteiger partial charge is 0.270 e. The van der Waals surface area contributed by atoms with Gasteiger partial charge in [0.1, 0.15) is 11.3 Å². The monoisotopic (exact) mass is 280 g/mol. The Morgan fingerprint density at radius 3 is 2.89 bits per heavy atom. The highest BCUT2D eigenvalue weighted by Gasteiger charge is 2.16. The highest BCUT2D eigenvalue weighted by molar-refractivity contribution is 6.30. The Hall–Kier alpha value is -1.59. The van der Waals surface area contributed by atoms with E-state index in [2.05, 4.69) is 10.3 Å².